The zero-order valence-corrected chi connectivity index (χ0v) is 12.7. The first kappa shape index (κ1) is 16.7. The van der Waals surface area contributed by atoms with Crippen LogP contribution in [0.4, 0.5) is 0 Å². The van der Waals surface area contributed by atoms with Crippen molar-refractivity contribution in [1.82, 2.24) is 10.2 Å². The topological polar surface area (TPSA) is 52.6 Å². The zero-order valence-electron chi connectivity index (χ0n) is 12.7. The molecule has 0 saturated heterocycles. The Kier molecular flexibility index (Phi) is 6.68. The normalized spacial score (nSPS) is 14.2. The summed E-state index contributed by atoms with van der Waals surface area (Å²) < 4.78 is 0. The van der Waals surface area contributed by atoms with E-state index in [9.17, 15) is 9.90 Å². The highest BCUT2D eigenvalue weighted by Crippen LogP contribution is 2.26. The van der Waals surface area contributed by atoms with Crippen LogP contribution in [0.15, 0.2) is 30.3 Å². The smallest absolute Gasteiger partial charge is 0.328 e. The molecule has 1 aromatic rings. The van der Waals surface area contributed by atoms with Crippen LogP contribution in [0.25, 0.3) is 0 Å². The molecule has 0 spiro atoms. The summed E-state index contributed by atoms with van der Waals surface area (Å²) in [5, 5.41) is 13.1. The summed E-state index contributed by atoms with van der Waals surface area (Å²) in [5.74, 6) is -0.804. The Morgan fingerprint density at radius 1 is 1.30 bits per heavy atom. The first-order valence-corrected chi connectivity index (χ1v) is 7.29. The molecule has 0 heterocycles. The Bertz CT molecular complexity index is 408. The number of hydrogen-bond donors (Lipinski definition) is 2. The molecule has 1 atom stereocenters. The number of hydrogen-bond acceptors (Lipinski definition) is 3. The lowest BCUT2D eigenvalue weighted by molar-refractivity contribution is -0.146. The van der Waals surface area contributed by atoms with Crippen LogP contribution in [0, 0.1) is 0 Å². The minimum absolute atomic E-state index is 0.552. The van der Waals surface area contributed by atoms with Gasteiger partial charge in [0.25, 0.3) is 0 Å². The highest BCUT2D eigenvalue weighted by atomic mass is 16.4. The van der Waals surface area contributed by atoms with Crippen LogP contribution in [0.5, 0.6) is 0 Å². The Morgan fingerprint density at radius 3 is 2.45 bits per heavy atom. The second-order valence-electron chi connectivity index (χ2n) is 5.15. The van der Waals surface area contributed by atoms with E-state index in [4.69, 9.17) is 0 Å². The Balaban J connectivity index is 3.04. The quantitative estimate of drug-likeness (QED) is 0.728. The molecule has 4 nitrogen and oxygen atoms in total. The van der Waals surface area contributed by atoms with Crippen molar-refractivity contribution in [2.45, 2.75) is 32.2 Å². The van der Waals surface area contributed by atoms with Gasteiger partial charge in [0.15, 0.2) is 0 Å². The predicted octanol–water partition coefficient (Wildman–Crippen LogP) is 2.31. The first-order valence-electron chi connectivity index (χ1n) is 7.29. The fourth-order valence-electron chi connectivity index (χ4n) is 2.22. The van der Waals surface area contributed by atoms with Crippen molar-refractivity contribution in [1.29, 1.82) is 0 Å². The zero-order chi connectivity index (χ0) is 15.0. The summed E-state index contributed by atoms with van der Waals surface area (Å²) in [6.45, 7) is 6.47. The molecular weight excluding hydrogens is 252 g/mol. The van der Waals surface area contributed by atoms with E-state index in [1.54, 1.807) is 0 Å². The van der Waals surface area contributed by atoms with Crippen LogP contribution in [-0.2, 0) is 10.3 Å². The third-order valence-corrected chi connectivity index (χ3v) is 3.72. The number of nitrogens with one attached hydrogen (secondary N) is 1. The predicted molar refractivity (Wildman–Crippen MR) is 81.8 cm³/mol. The van der Waals surface area contributed by atoms with Gasteiger partial charge in [0.2, 0.25) is 0 Å². The van der Waals surface area contributed by atoms with Crippen molar-refractivity contribution in [2.75, 3.05) is 26.7 Å². The minimum atomic E-state index is -0.999. The number of carboxylic acids is 1. The van der Waals surface area contributed by atoms with E-state index in [-0.39, 0.29) is 0 Å². The van der Waals surface area contributed by atoms with Crippen molar-refractivity contribution in [3.63, 3.8) is 0 Å². The molecular formula is C16H26N2O2. The number of benzene rings is 1. The average molecular weight is 278 g/mol. The molecule has 4 heteroatoms. The fraction of sp³-hybridized carbons (Fsp3) is 0.562. The molecule has 2 N–H and O–H groups in total. The second kappa shape index (κ2) is 8.02. The summed E-state index contributed by atoms with van der Waals surface area (Å²) in [7, 11) is 2.01. The number of nitrogens with zero attached hydrogens (tertiary/aromatic N) is 1. The van der Waals surface area contributed by atoms with Gasteiger partial charge in [0.1, 0.15) is 5.54 Å². The third-order valence-electron chi connectivity index (χ3n) is 3.72. The lowest BCUT2D eigenvalue weighted by Crippen LogP contribution is -2.51. The van der Waals surface area contributed by atoms with Crippen molar-refractivity contribution < 1.29 is 9.90 Å². The molecule has 1 unspecified atom stereocenters. The largest absolute Gasteiger partial charge is 0.480 e. The summed E-state index contributed by atoms with van der Waals surface area (Å²) in [5.41, 5.74) is -0.175. The van der Waals surface area contributed by atoms with Crippen LogP contribution >= 0.6 is 0 Å². The second-order valence-corrected chi connectivity index (χ2v) is 5.15. The van der Waals surface area contributed by atoms with E-state index >= 15 is 0 Å². The number of rotatable bonds is 9. The van der Waals surface area contributed by atoms with Crippen molar-refractivity contribution >= 4 is 5.97 Å². The maximum absolute atomic E-state index is 11.9. The van der Waals surface area contributed by atoms with Crippen LogP contribution in [0.3, 0.4) is 0 Å². The molecule has 0 aliphatic heterocycles. The van der Waals surface area contributed by atoms with Crippen LogP contribution < -0.4 is 5.32 Å². The van der Waals surface area contributed by atoms with Gasteiger partial charge in [-0.3, -0.25) is 5.32 Å². The van der Waals surface area contributed by atoms with Crippen LogP contribution in [0.1, 0.15) is 32.3 Å². The molecule has 0 saturated carbocycles. The molecule has 0 radical (unpaired) electrons. The highest BCUT2D eigenvalue weighted by Gasteiger charge is 2.39. The van der Waals surface area contributed by atoms with Gasteiger partial charge in [0, 0.05) is 6.54 Å². The lowest BCUT2D eigenvalue weighted by Gasteiger charge is -2.32. The molecule has 0 aliphatic rings. The maximum atomic E-state index is 11.9. The molecule has 0 aromatic heterocycles. The Hall–Kier alpha value is -1.39. The first-order chi connectivity index (χ1) is 9.56. The van der Waals surface area contributed by atoms with E-state index in [0.717, 1.165) is 25.1 Å². The van der Waals surface area contributed by atoms with E-state index in [1.807, 2.05) is 44.3 Å². The monoisotopic (exact) mass is 278 g/mol. The van der Waals surface area contributed by atoms with E-state index in [2.05, 4.69) is 17.1 Å². The van der Waals surface area contributed by atoms with Crippen molar-refractivity contribution in [3.8, 4) is 0 Å². The van der Waals surface area contributed by atoms with Gasteiger partial charge in [0.05, 0.1) is 0 Å². The maximum Gasteiger partial charge on any atom is 0.328 e. The standard InChI is InChI=1S/C16H26N2O2/c1-4-12-17-16(15(19)20,11-13-18(3)5-2)14-9-7-6-8-10-14/h6-10,17H,4-5,11-13H2,1-3H3,(H,19,20). The van der Waals surface area contributed by atoms with Gasteiger partial charge in [-0.05, 0) is 38.5 Å². The SMILES string of the molecule is CCCNC(CCN(C)CC)(C(=O)O)c1ccccc1. The summed E-state index contributed by atoms with van der Waals surface area (Å²) in [6, 6.07) is 9.48. The Morgan fingerprint density at radius 2 is 1.95 bits per heavy atom. The summed E-state index contributed by atoms with van der Waals surface area (Å²) in [4.78, 5) is 14.1. The summed E-state index contributed by atoms with van der Waals surface area (Å²) >= 11 is 0. The summed E-state index contributed by atoms with van der Waals surface area (Å²) in [6.07, 6.45) is 1.46. The van der Waals surface area contributed by atoms with Crippen molar-refractivity contribution in [2.24, 2.45) is 0 Å². The molecule has 20 heavy (non-hydrogen) atoms. The number of carbonyl (C=O) groups is 1. The van der Waals surface area contributed by atoms with E-state index in [0.29, 0.717) is 13.0 Å². The molecule has 1 rings (SSSR count). The van der Waals surface area contributed by atoms with Gasteiger partial charge in [-0.15, -0.1) is 0 Å². The van der Waals surface area contributed by atoms with Crippen LogP contribution in [-0.4, -0.2) is 42.7 Å². The third kappa shape index (κ3) is 4.05. The van der Waals surface area contributed by atoms with Gasteiger partial charge in [-0.25, -0.2) is 4.79 Å². The molecule has 1 aromatic carbocycles. The Labute approximate surface area is 121 Å². The molecule has 0 bridgehead atoms. The highest BCUT2D eigenvalue weighted by molar-refractivity contribution is 5.80. The number of carboxylic acid groups (broad SMARTS) is 1. The van der Waals surface area contributed by atoms with Gasteiger partial charge in [-0.1, -0.05) is 44.2 Å². The minimum Gasteiger partial charge on any atom is -0.480 e. The van der Waals surface area contributed by atoms with Gasteiger partial charge in [-0.2, -0.15) is 0 Å². The van der Waals surface area contributed by atoms with Crippen LogP contribution in [0.2, 0.25) is 0 Å². The average Bonchev–Trinajstić information content (AvgIpc) is 2.48. The molecule has 0 amide bonds. The molecule has 112 valence electrons. The van der Waals surface area contributed by atoms with Gasteiger partial charge >= 0.3 is 5.97 Å². The van der Waals surface area contributed by atoms with Gasteiger partial charge < -0.3 is 10.0 Å². The van der Waals surface area contributed by atoms with E-state index in [1.165, 1.54) is 0 Å². The molecule has 0 fully saturated rings. The van der Waals surface area contributed by atoms with E-state index < -0.39 is 11.5 Å². The molecule has 0 aliphatic carbocycles. The lowest BCUT2D eigenvalue weighted by atomic mass is 9.86. The number of aliphatic carboxylic acids is 1. The fourth-order valence-corrected chi connectivity index (χ4v) is 2.22. The van der Waals surface area contributed by atoms with Crippen molar-refractivity contribution in [3.05, 3.63) is 35.9 Å².